The SMILES string of the molecule is CCOC(=O)c1ccc(N2CCN(c3nnc(Cc4ccccc4)c4ccccc34)C[C@H]2C)nc1. The first-order valence-electron chi connectivity index (χ1n) is 12.1. The molecule has 0 radical (unpaired) electrons. The zero-order valence-electron chi connectivity index (χ0n) is 20.1. The number of anilines is 2. The number of hydrogen-bond donors (Lipinski definition) is 0. The van der Waals surface area contributed by atoms with Gasteiger partial charge in [0.15, 0.2) is 5.82 Å². The molecule has 2 aromatic heterocycles. The van der Waals surface area contributed by atoms with Crippen LogP contribution in [0.4, 0.5) is 11.6 Å². The molecule has 7 heteroatoms. The third kappa shape index (κ3) is 4.80. The van der Waals surface area contributed by atoms with Crippen LogP contribution in [0.15, 0.2) is 72.9 Å². The van der Waals surface area contributed by atoms with Crippen molar-refractivity contribution in [3.8, 4) is 0 Å². The van der Waals surface area contributed by atoms with Gasteiger partial charge in [0.05, 0.1) is 17.9 Å². The molecule has 0 aliphatic carbocycles. The number of fused-ring (bicyclic) bond motifs is 1. The summed E-state index contributed by atoms with van der Waals surface area (Å²) >= 11 is 0. The highest BCUT2D eigenvalue weighted by molar-refractivity contribution is 5.93. The summed E-state index contributed by atoms with van der Waals surface area (Å²) in [6.45, 7) is 6.75. The molecule has 7 nitrogen and oxygen atoms in total. The molecule has 5 rings (SSSR count). The highest BCUT2D eigenvalue weighted by atomic mass is 16.5. The first kappa shape index (κ1) is 22.8. The van der Waals surface area contributed by atoms with Crippen LogP contribution in [0.2, 0.25) is 0 Å². The fourth-order valence-corrected chi connectivity index (χ4v) is 4.68. The van der Waals surface area contributed by atoms with Gasteiger partial charge in [0.1, 0.15) is 5.82 Å². The largest absolute Gasteiger partial charge is 0.462 e. The Kier molecular flexibility index (Phi) is 6.57. The topological polar surface area (TPSA) is 71.5 Å². The molecular weight excluding hydrogens is 438 g/mol. The van der Waals surface area contributed by atoms with Crippen LogP contribution in [-0.4, -0.2) is 53.4 Å². The van der Waals surface area contributed by atoms with Gasteiger partial charge in [0.25, 0.3) is 0 Å². The van der Waals surface area contributed by atoms with Gasteiger partial charge in [-0.2, -0.15) is 5.10 Å². The highest BCUT2D eigenvalue weighted by Gasteiger charge is 2.27. The van der Waals surface area contributed by atoms with Crippen LogP contribution in [0.25, 0.3) is 10.8 Å². The standard InChI is InChI=1S/C28H29N5O2/c1-3-35-28(34)22-13-14-26(29-18-22)33-16-15-32(19-20(33)2)27-24-12-8-7-11-23(24)25(30-31-27)17-21-9-5-4-6-10-21/h4-14,18,20H,3,15-17,19H2,1-2H3/t20-/m1/s1. The zero-order chi connectivity index (χ0) is 24.2. The van der Waals surface area contributed by atoms with Crippen molar-refractivity contribution in [1.29, 1.82) is 0 Å². The molecule has 1 fully saturated rings. The molecule has 0 N–H and O–H groups in total. The van der Waals surface area contributed by atoms with Gasteiger partial charge in [-0.25, -0.2) is 9.78 Å². The number of benzene rings is 2. The lowest BCUT2D eigenvalue weighted by Crippen LogP contribution is -2.52. The molecule has 35 heavy (non-hydrogen) atoms. The van der Waals surface area contributed by atoms with Gasteiger partial charge in [0, 0.05) is 49.1 Å². The number of piperazine rings is 1. The van der Waals surface area contributed by atoms with Gasteiger partial charge >= 0.3 is 5.97 Å². The molecule has 0 spiro atoms. The minimum Gasteiger partial charge on any atom is -0.462 e. The summed E-state index contributed by atoms with van der Waals surface area (Å²) in [5.41, 5.74) is 2.69. The lowest BCUT2D eigenvalue weighted by Gasteiger charge is -2.41. The molecule has 0 unspecified atom stereocenters. The first-order valence-corrected chi connectivity index (χ1v) is 12.1. The van der Waals surface area contributed by atoms with Crippen molar-refractivity contribution in [2.75, 3.05) is 36.0 Å². The maximum absolute atomic E-state index is 11.9. The fourth-order valence-electron chi connectivity index (χ4n) is 4.68. The number of ether oxygens (including phenoxy) is 1. The molecular formula is C28H29N5O2. The Labute approximate surface area is 205 Å². The molecule has 3 heterocycles. The van der Waals surface area contributed by atoms with Gasteiger partial charge < -0.3 is 14.5 Å². The Morgan fingerprint density at radius 1 is 0.971 bits per heavy atom. The average molecular weight is 468 g/mol. The van der Waals surface area contributed by atoms with Crippen molar-refractivity contribution in [1.82, 2.24) is 15.2 Å². The number of pyridine rings is 1. The molecule has 0 saturated carbocycles. The smallest absolute Gasteiger partial charge is 0.339 e. The fraction of sp³-hybridized carbons (Fsp3) is 0.286. The van der Waals surface area contributed by atoms with E-state index in [2.05, 4.69) is 75.3 Å². The second-order valence-corrected chi connectivity index (χ2v) is 8.79. The Bertz CT molecular complexity index is 1310. The minimum atomic E-state index is -0.342. The Morgan fingerprint density at radius 3 is 2.46 bits per heavy atom. The van der Waals surface area contributed by atoms with Crippen LogP contribution in [0.3, 0.4) is 0 Å². The molecule has 1 aliphatic rings. The summed E-state index contributed by atoms with van der Waals surface area (Å²) in [6, 6.07) is 22.7. The number of hydrogen-bond acceptors (Lipinski definition) is 7. The monoisotopic (exact) mass is 467 g/mol. The van der Waals surface area contributed by atoms with Crippen molar-refractivity contribution in [2.24, 2.45) is 0 Å². The van der Waals surface area contributed by atoms with E-state index in [-0.39, 0.29) is 12.0 Å². The molecule has 2 aromatic carbocycles. The Balaban J connectivity index is 1.35. The van der Waals surface area contributed by atoms with Crippen LogP contribution < -0.4 is 9.80 Å². The lowest BCUT2D eigenvalue weighted by atomic mass is 10.0. The van der Waals surface area contributed by atoms with E-state index in [0.29, 0.717) is 12.2 Å². The normalized spacial score (nSPS) is 15.9. The zero-order valence-corrected chi connectivity index (χ0v) is 20.1. The predicted molar refractivity (Wildman–Crippen MR) is 138 cm³/mol. The summed E-state index contributed by atoms with van der Waals surface area (Å²) in [5, 5.41) is 11.6. The maximum Gasteiger partial charge on any atom is 0.339 e. The molecule has 0 amide bonds. The summed E-state index contributed by atoms with van der Waals surface area (Å²) in [5.74, 6) is 1.44. The van der Waals surface area contributed by atoms with Crippen LogP contribution in [0.5, 0.6) is 0 Å². The van der Waals surface area contributed by atoms with Crippen LogP contribution in [0, 0.1) is 0 Å². The molecule has 0 bridgehead atoms. The van der Waals surface area contributed by atoms with Crippen molar-refractivity contribution >= 4 is 28.4 Å². The summed E-state index contributed by atoms with van der Waals surface area (Å²) in [7, 11) is 0. The van der Waals surface area contributed by atoms with E-state index in [1.165, 1.54) is 5.56 Å². The highest BCUT2D eigenvalue weighted by Crippen LogP contribution is 2.29. The average Bonchev–Trinajstić information content (AvgIpc) is 2.90. The second kappa shape index (κ2) is 10.1. The van der Waals surface area contributed by atoms with Gasteiger partial charge in [-0.05, 0) is 31.5 Å². The second-order valence-electron chi connectivity index (χ2n) is 8.79. The van der Waals surface area contributed by atoms with E-state index in [4.69, 9.17) is 9.84 Å². The summed E-state index contributed by atoms with van der Waals surface area (Å²) in [6.07, 6.45) is 2.35. The number of rotatable bonds is 6. The van der Waals surface area contributed by atoms with Crippen molar-refractivity contribution in [3.63, 3.8) is 0 Å². The van der Waals surface area contributed by atoms with E-state index in [0.717, 1.165) is 54.2 Å². The summed E-state index contributed by atoms with van der Waals surface area (Å²) < 4.78 is 5.06. The predicted octanol–water partition coefficient (Wildman–Crippen LogP) is 4.51. The van der Waals surface area contributed by atoms with E-state index < -0.39 is 0 Å². The first-order chi connectivity index (χ1) is 17.1. The molecule has 1 atom stereocenters. The number of carbonyl (C=O) groups excluding carboxylic acids is 1. The quantitative estimate of drug-likeness (QED) is 0.387. The van der Waals surface area contributed by atoms with E-state index >= 15 is 0 Å². The molecule has 4 aromatic rings. The van der Waals surface area contributed by atoms with Gasteiger partial charge in [0.2, 0.25) is 0 Å². The number of nitrogens with zero attached hydrogens (tertiary/aromatic N) is 5. The Morgan fingerprint density at radius 2 is 1.74 bits per heavy atom. The number of aromatic nitrogens is 3. The number of esters is 1. The third-order valence-electron chi connectivity index (χ3n) is 6.44. The molecule has 1 aliphatic heterocycles. The lowest BCUT2D eigenvalue weighted by molar-refractivity contribution is 0.0526. The minimum absolute atomic E-state index is 0.217. The number of carbonyl (C=O) groups is 1. The Hall–Kier alpha value is -4.00. The molecule has 178 valence electrons. The molecule has 1 saturated heterocycles. The van der Waals surface area contributed by atoms with Gasteiger partial charge in [-0.3, -0.25) is 0 Å². The summed E-state index contributed by atoms with van der Waals surface area (Å²) in [4.78, 5) is 21.1. The van der Waals surface area contributed by atoms with Gasteiger partial charge in [-0.1, -0.05) is 54.6 Å². The van der Waals surface area contributed by atoms with Crippen molar-refractivity contribution < 1.29 is 9.53 Å². The third-order valence-corrected chi connectivity index (χ3v) is 6.44. The van der Waals surface area contributed by atoms with E-state index in [9.17, 15) is 4.79 Å². The van der Waals surface area contributed by atoms with Crippen LogP contribution in [-0.2, 0) is 11.2 Å². The van der Waals surface area contributed by atoms with Crippen molar-refractivity contribution in [2.45, 2.75) is 26.3 Å². The van der Waals surface area contributed by atoms with Crippen molar-refractivity contribution in [3.05, 3.63) is 89.7 Å². The van der Waals surface area contributed by atoms with Crippen LogP contribution in [0.1, 0.15) is 35.5 Å². The van der Waals surface area contributed by atoms with E-state index in [1.807, 2.05) is 12.1 Å². The van der Waals surface area contributed by atoms with Gasteiger partial charge in [-0.15, -0.1) is 5.10 Å². The van der Waals surface area contributed by atoms with E-state index in [1.54, 1.807) is 19.2 Å². The van der Waals surface area contributed by atoms with Crippen LogP contribution >= 0.6 is 0 Å². The maximum atomic E-state index is 11.9.